The SMILES string of the molecule is NCCc1cc(CCC(=O)O)cc(CCc2ccccc2OCCCN2CCN(c3ccc(F)cc3)CC2)c1. The molecule has 0 amide bonds. The van der Waals surface area contributed by atoms with Crippen LogP contribution in [0.3, 0.4) is 0 Å². The predicted octanol–water partition coefficient (Wildman–Crippen LogP) is 4.72. The number of nitrogens with zero attached hydrogens (tertiary/aromatic N) is 2. The number of para-hydroxylation sites is 1. The number of aryl methyl sites for hydroxylation is 3. The van der Waals surface area contributed by atoms with Crippen molar-refractivity contribution in [3.63, 3.8) is 0 Å². The van der Waals surface area contributed by atoms with Crippen LogP contribution in [0.2, 0.25) is 0 Å². The summed E-state index contributed by atoms with van der Waals surface area (Å²) in [5.41, 5.74) is 11.5. The van der Waals surface area contributed by atoms with Crippen LogP contribution in [0.1, 0.15) is 35.1 Å². The zero-order valence-corrected chi connectivity index (χ0v) is 22.7. The van der Waals surface area contributed by atoms with Crippen molar-refractivity contribution in [3.05, 3.63) is 94.8 Å². The molecule has 0 atom stereocenters. The van der Waals surface area contributed by atoms with E-state index in [4.69, 9.17) is 15.6 Å². The quantitative estimate of drug-likeness (QED) is 0.292. The van der Waals surface area contributed by atoms with Gasteiger partial charge >= 0.3 is 5.97 Å². The second-order valence-corrected chi connectivity index (χ2v) is 10.2. The Kier molecular flexibility index (Phi) is 10.7. The fraction of sp³-hybridized carbons (Fsp3) is 0.406. The zero-order valence-electron chi connectivity index (χ0n) is 22.7. The molecule has 3 aromatic carbocycles. The average molecular weight is 534 g/mol. The summed E-state index contributed by atoms with van der Waals surface area (Å²) in [5.74, 6) is -0.0419. The smallest absolute Gasteiger partial charge is 0.303 e. The first-order valence-corrected chi connectivity index (χ1v) is 14.0. The van der Waals surface area contributed by atoms with E-state index in [0.717, 1.165) is 75.4 Å². The molecule has 0 bridgehead atoms. The molecule has 3 aromatic rings. The summed E-state index contributed by atoms with van der Waals surface area (Å²) >= 11 is 0. The van der Waals surface area contributed by atoms with Crippen LogP contribution in [-0.2, 0) is 30.5 Å². The topological polar surface area (TPSA) is 79.0 Å². The first-order chi connectivity index (χ1) is 19.0. The summed E-state index contributed by atoms with van der Waals surface area (Å²) in [7, 11) is 0. The van der Waals surface area contributed by atoms with Crippen LogP contribution in [-0.4, -0.2) is 61.9 Å². The van der Waals surface area contributed by atoms with Crippen LogP contribution in [0.25, 0.3) is 0 Å². The number of ether oxygens (including phenoxy) is 1. The number of carboxylic acids is 1. The van der Waals surface area contributed by atoms with Crippen molar-refractivity contribution >= 4 is 11.7 Å². The van der Waals surface area contributed by atoms with Gasteiger partial charge in [0.1, 0.15) is 11.6 Å². The number of anilines is 1. The molecule has 0 spiro atoms. The summed E-state index contributed by atoms with van der Waals surface area (Å²) in [6, 6.07) is 21.4. The molecule has 7 heteroatoms. The molecule has 0 aromatic heterocycles. The average Bonchev–Trinajstić information content (AvgIpc) is 2.94. The summed E-state index contributed by atoms with van der Waals surface area (Å²) < 4.78 is 19.4. The standard InChI is InChI=1S/C32H40FN3O3/c33-29-9-11-30(12-10-29)36-19-17-35(18-20-36)16-3-21-39-31-5-2-1-4-28(31)8-6-25-22-26(7-13-32(37)38)24-27(23-25)14-15-34/h1-2,4-5,9-12,22-24H,3,6-8,13-21,34H2,(H,37,38). The van der Waals surface area contributed by atoms with Gasteiger partial charge in [-0.3, -0.25) is 9.69 Å². The van der Waals surface area contributed by atoms with E-state index in [1.807, 2.05) is 30.3 Å². The summed E-state index contributed by atoms with van der Waals surface area (Å²) in [6.07, 6.45) is 4.12. The third-order valence-electron chi connectivity index (χ3n) is 7.27. The maximum absolute atomic E-state index is 13.2. The molecule has 39 heavy (non-hydrogen) atoms. The lowest BCUT2D eigenvalue weighted by molar-refractivity contribution is -0.136. The molecule has 0 aliphatic carbocycles. The van der Waals surface area contributed by atoms with Gasteiger partial charge in [0.15, 0.2) is 0 Å². The third kappa shape index (κ3) is 9.08. The molecule has 0 saturated carbocycles. The molecule has 208 valence electrons. The molecule has 1 heterocycles. The van der Waals surface area contributed by atoms with Crippen LogP contribution in [0.4, 0.5) is 10.1 Å². The second kappa shape index (κ2) is 14.7. The van der Waals surface area contributed by atoms with Crippen molar-refractivity contribution < 1.29 is 19.0 Å². The van der Waals surface area contributed by atoms with Gasteiger partial charge in [-0.1, -0.05) is 36.4 Å². The van der Waals surface area contributed by atoms with E-state index in [2.05, 4.69) is 34.1 Å². The molecule has 1 fully saturated rings. The van der Waals surface area contributed by atoms with Crippen molar-refractivity contribution in [2.75, 3.05) is 50.8 Å². The van der Waals surface area contributed by atoms with Crippen LogP contribution in [0.15, 0.2) is 66.7 Å². The number of hydrogen-bond donors (Lipinski definition) is 2. The highest BCUT2D eigenvalue weighted by Gasteiger charge is 2.17. The molecule has 4 rings (SSSR count). The first kappa shape index (κ1) is 28.6. The van der Waals surface area contributed by atoms with Crippen LogP contribution >= 0.6 is 0 Å². The van der Waals surface area contributed by atoms with E-state index in [1.165, 1.54) is 28.8 Å². The normalized spacial score (nSPS) is 13.9. The number of hydrogen-bond acceptors (Lipinski definition) is 5. The van der Waals surface area contributed by atoms with E-state index >= 15 is 0 Å². The van der Waals surface area contributed by atoms with Gasteiger partial charge in [0.25, 0.3) is 0 Å². The number of carboxylic acid groups (broad SMARTS) is 1. The molecular formula is C32H40FN3O3. The minimum Gasteiger partial charge on any atom is -0.493 e. The highest BCUT2D eigenvalue weighted by atomic mass is 19.1. The van der Waals surface area contributed by atoms with Gasteiger partial charge < -0.3 is 20.5 Å². The number of piperazine rings is 1. The maximum atomic E-state index is 13.2. The van der Waals surface area contributed by atoms with Gasteiger partial charge in [0, 0.05) is 44.8 Å². The van der Waals surface area contributed by atoms with Gasteiger partial charge in [-0.05, 0) is 91.2 Å². The predicted molar refractivity (Wildman–Crippen MR) is 154 cm³/mol. The van der Waals surface area contributed by atoms with Gasteiger partial charge in [-0.2, -0.15) is 0 Å². The Morgan fingerprint density at radius 2 is 1.54 bits per heavy atom. The number of aliphatic carboxylic acids is 1. The number of benzene rings is 3. The fourth-order valence-electron chi connectivity index (χ4n) is 5.17. The van der Waals surface area contributed by atoms with Crippen LogP contribution in [0.5, 0.6) is 5.75 Å². The Bertz CT molecular complexity index is 1190. The highest BCUT2D eigenvalue weighted by molar-refractivity contribution is 5.67. The van der Waals surface area contributed by atoms with Crippen molar-refractivity contribution in [3.8, 4) is 5.75 Å². The Hall–Kier alpha value is -3.42. The Balaban J connectivity index is 1.24. The summed E-state index contributed by atoms with van der Waals surface area (Å²) in [4.78, 5) is 15.8. The second-order valence-electron chi connectivity index (χ2n) is 10.2. The highest BCUT2D eigenvalue weighted by Crippen LogP contribution is 2.22. The monoisotopic (exact) mass is 533 g/mol. The van der Waals surface area contributed by atoms with Crippen LogP contribution in [0, 0.1) is 5.82 Å². The lowest BCUT2D eigenvalue weighted by Crippen LogP contribution is -2.46. The lowest BCUT2D eigenvalue weighted by atomic mass is 9.96. The van der Waals surface area contributed by atoms with Gasteiger partial charge in [0.05, 0.1) is 6.61 Å². The maximum Gasteiger partial charge on any atom is 0.303 e. The largest absolute Gasteiger partial charge is 0.493 e. The van der Waals surface area contributed by atoms with Gasteiger partial charge in [0.2, 0.25) is 0 Å². The third-order valence-corrected chi connectivity index (χ3v) is 7.27. The lowest BCUT2D eigenvalue weighted by Gasteiger charge is -2.36. The molecule has 1 aliphatic rings. The molecule has 0 unspecified atom stereocenters. The Labute approximate surface area is 231 Å². The van der Waals surface area contributed by atoms with Crippen molar-refractivity contribution in [2.45, 2.75) is 38.5 Å². The number of halogens is 1. The number of rotatable bonds is 14. The molecule has 6 nitrogen and oxygen atoms in total. The van der Waals surface area contributed by atoms with Crippen molar-refractivity contribution in [2.24, 2.45) is 5.73 Å². The fourth-order valence-corrected chi connectivity index (χ4v) is 5.17. The van der Waals surface area contributed by atoms with Crippen molar-refractivity contribution in [1.29, 1.82) is 0 Å². The summed E-state index contributed by atoms with van der Waals surface area (Å²) in [5, 5.41) is 9.07. The van der Waals surface area contributed by atoms with Gasteiger partial charge in [-0.15, -0.1) is 0 Å². The number of carbonyl (C=O) groups is 1. The van der Waals surface area contributed by atoms with Gasteiger partial charge in [-0.25, -0.2) is 4.39 Å². The molecule has 3 N–H and O–H groups in total. The molecular weight excluding hydrogens is 493 g/mol. The van der Waals surface area contributed by atoms with E-state index < -0.39 is 5.97 Å². The van der Waals surface area contributed by atoms with Crippen LogP contribution < -0.4 is 15.4 Å². The summed E-state index contributed by atoms with van der Waals surface area (Å²) in [6.45, 7) is 6.10. The van der Waals surface area contributed by atoms with E-state index in [-0.39, 0.29) is 12.2 Å². The van der Waals surface area contributed by atoms with E-state index in [9.17, 15) is 9.18 Å². The zero-order chi connectivity index (χ0) is 27.5. The molecule has 0 radical (unpaired) electrons. The number of nitrogens with two attached hydrogens (primary N) is 1. The first-order valence-electron chi connectivity index (χ1n) is 14.0. The Morgan fingerprint density at radius 1 is 0.872 bits per heavy atom. The minimum absolute atomic E-state index is 0.131. The molecule has 1 aliphatic heterocycles. The van der Waals surface area contributed by atoms with E-state index in [0.29, 0.717) is 19.6 Å². The van der Waals surface area contributed by atoms with E-state index in [1.54, 1.807) is 0 Å². The van der Waals surface area contributed by atoms with Crippen molar-refractivity contribution in [1.82, 2.24) is 4.90 Å². The molecule has 1 saturated heterocycles. The minimum atomic E-state index is -0.779. The Morgan fingerprint density at radius 3 is 2.23 bits per heavy atom.